The van der Waals surface area contributed by atoms with E-state index in [0.717, 1.165) is 45.1 Å². The van der Waals surface area contributed by atoms with Crippen LogP contribution in [-0.4, -0.2) is 34.4 Å². The van der Waals surface area contributed by atoms with Crippen LogP contribution in [0.15, 0.2) is 6.20 Å². The third-order valence-electron chi connectivity index (χ3n) is 5.78. The number of nitrogens with zero attached hydrogens (tertiary/aromatic N) is 2. The molecule has 1 N–H and O–H groups in total. The molecule has 2 aliphatic carbocycles. The van der Waals surface area contributed by atoms with Gasteiger partial charge in [-0.2, -0.15) is 5.10 Å². The summed E-state index contributed by atoms with van der Waals surface area (Å²) in [7, 11) is 1.97. The molecule has 0 saturated heterocycles. The van der Waals surface area contributed by atoms with Gasteiger partial charge in [-0.3, -0.25) is 9.48 Å². The normalized spacial score (nSPS) is 26.5. The molecule has 0 aromatic carbocycles. The van der Waals surface area contributed by atoms with Gasteiger partial charge in [0.15, 0.2) is 0 Å². The van der Waals surface area contributed by atoms with Gasteiger partial charge in [0.05, 0.1) is 18.3 Å². The first-order valence-corrected chi connectivity index (χ1v) is 9.96. The lowest BCUT2D eigenvalue weighted by atomic mass is 9.86. The highest BCUT2D eigenvalue weighted by atomic mass is 16.5. The molecule has 0 aliphatic heterocycles. The molecule has 0 spiro atoms. The average molecular weight is 348 g/mol. The Balaban J connectivity index is 1.54. The SMILES string of the molecule is CC(C)CCO[C@@H]1CCCC[C@H]1NC(=O)[C@H]1CCc2cnn(C)c2C1. The molecule has 140 valence electrons. The average Bonchev–Trinajstić information content (AvgIpc) is 2.97. The zero-order chi connectivity index (χ0) is 17.8. The molecule has 25 heavy (non-hydrogen) atoms. The zero-order valence-electron chi connectivity index (χ0n) is 16.0. The summed E-state index contributed by atoms with van der Waals surface area (Å²) in [5.74, 6) is 0.935. The quantitative estimate of drug-likeness (QED) is 0.860. The Morgan fingerprint density at radius 1 is 1.36 bits per heavy atom. The smallest absolute Gasteiger partial charge is 0.223 e. The minimum atomic E-state index is 0.0705. The van der Waals surface area contributed by atoms with E-state index < -0.39 is 0 Å². The van der Waals surface area contributed by atoms with Crippen molar-refractivity contribution in [3.05, 3.63) is 17.5 Å². The molecule has 0 unspecified atom stereocenters. The number of aryl methyl sites for hydroxylation is 2. The molecular formula is C20H33N3O2. The first-order valence-electron chi connectivity index (χ1n) is 9.96. The maximum absolute atomic E-state index is 12.8. The fourth-order valence-corrected chi connectivity index (χ4v) is 4.09. The van der Waals surface area contributed by atoms with Gasteiger partial charge < -0.3 is 10.1 Å². The van der Waals surface area contributed by atoms with E-state index in [0.29, 0.717) is 5.92 Å². The van der Waals surface area contributed by atoms with Gasteiger partial charge in [0.2, 0.25) is 5.91 Å². The molecule has 3 atom stereocenters. The van der Waals surface area contributed by atoms with Gasteiger partial charge in [-0.1, -0.05) is 26.7 Å². The third-order valence-corrected chi connectivity index (χ3v) is 5.78. The van der Waals surface area contributed by atoms with Crippen LogP contribution in [0.5, 0.6) is 0 Å². The van der Waals surface area contributed by atoms with Gasteiger partial charge in [-0.15, -0.1) is 0 Å². The lowest BCUT2D eigenvalue weighted by Gasteiger charge is -2.34. The van der Waals surface area contributed by atoms with Crippen LogP contribution in [0.3, 0.4) is 0 Å². The Morgan fingerprint density at radius 2 is 2.16 bits per heavy atom. The molecule has 3 rings (SSSR count). The fourth-order valence-electron chi connectivity index (χ4n) is 4.09. The molecule has 0 radical (unpaired) electrons. The monoisotopic (exact) mass is 347 g/mol. The molecule has 1 saturated carbocycles. The van der Waals surface area contributed by atoms with Crippen LogP contribution in [-0.2, 0) is 29.4 Å². The van der Waals surface area contributed by atoms with Gasteiger partial charge in [0.25, 0.3) is 0 Å². The number of hydrogen-bond donors (Lipinski definition) is 1. The largest absolute Gasteiger partial charge is 0.376 e. The summed E-state index contributed by atoms with van der Waals surface area (Å²) in [5.41, 5.74) is 2.53. The van der Waals surface area contributed by atoms with Gasteiger partial charge in [0, 0.05) is 31.7 Å². The first kappa shape index (κ1) is 18.4. The lowest BCUT2D eigenvalue weighted by molar-refractivity contribution is -0.128. The summed E-state index contributed by atoms with van der Waals surface area (Å²) in [6, 6.07) is 0.182. The van der Waals surface area contributed by atoms with Crippen LogP contribution in [0, 0.1) is 11.8 Å². The first-order chi connectivity index (χ1) is 12.0. The summed E-state index contributed by atoms with van der Waals surface area (Å²) in [6.07, 6.45) is 10.4. The summed E-state index contributed by atoms with van der Waals surface area (Å²) in [6.45, 7) is 5.25. The predicted molar refractivity (Wildman–Crippen MR) is 98.3 cm³/mol. The number of aromatic nitrogens is 2. The van der Waals surface area contributed by atoms with Crippen molar-refractivity contribution in [1.29, 1.82) is 0 Å². The van der Waals surface area contributed by atoms with Crippen molar-refractivity contribution < 1.29 is 9.53 Å². The second-order valence-electron chi connectivity index (χ2n) is 8.17. The Kier molecular flexibility index (Phi) is 6.15. The molecule has 5 nitrogen and oxygen atoms in total. The highest BCUT2D eigenvalue weighted by molar-refractivity contribution is 5.79. The van der Waals surface area contributed by atoms with E-state index in [1.165, 1.54) is 24.1 Å². The number of rotatable bonds is 6. The van der Waals surface area contributed by atoms with Crippen LogP contribution in [0.1, 0.15) is 63.6 Å². The van der Waals surface area contributed by atoms with Crippen LogP contribution in [0.4, 0.5) is 0 Å². The van der Waals surface area contributed by atoms with Gasteiger partial charge >= 0.3 is 0 Å². The summed E-state index contributed by atoms with van der Waals surface area (Å²) in [4.78, 5) is 12.8. The van der Waals surface area contributed by atoms with E-state index in [4.69, 9.17) is 4.74 Å². The van der Waals surface area contributed by atoms with E-state index in [2.05, 4.69) is 24.3 Å². The van der Waals surface area contributed by atoms with E-state index in [1.54, 1.807) is 0 Å². The molecule has 1 aromatic heterocycles. The summed E-state index contributed by atoms with van der Waals surface area (Å²) < 4.78 is 8.05. The molecule has 2 aliphatic rings. The van der Waals surface area contributed by atoms with Gasteiger partial charge in [-0.05, 0) is 43.6 Å². The van der Waals surface area contributed by atoms with E-state index in [9.17, 15) is 4.79 Å². The van der Waals surface area contributed by atoms with Crippen LogP contribution < -0.4 is 5.32 Å². The lowest BCUT2D eigenvalue weighted by Crippen LogP contribution is -2.49. The standard InChI is InChI=1S/C20H33N3O2/c1-14(2)10-11-25-19-7-5-4-6-17(19)22-20(24)15-8-9-16-13-21-23(3)18(16)12-15/h13-15,17,19H,4-12H2,1-3H3,(H,22,24)/t15-,17+,19+/m0/s1. The molecule has 1 fully saturated rings. The van der Waals surface area contributed by atoms with Crippen LogP contribution in [0.25, 0.3) is 0 Å². The number of amides is 1. The van der Waals surface area contributed by atoms with E-state index in [-0.39, 0.29) is 24.0 Å². The fraction of sp³-hybridized carbons (Fsp3) is 0.800. The number of fused-ring (bicyclic) bond motifs is 1. The van der Waals surface area contributed by atoms with Crippen molar-refractivity contribution in [2.75, 3.05) is 6.61 Å². The molecular weight excluding hydrogens is 314 g/mol. The number of nitrogens with one attached hydrogen (secondary N) is 1. The van der Waals surface area contributed by atoms with Crippen molar-refractivity contribution in [1.82, 2.24) is 15.1 Å². The van der Waals surface area contributed by atoms with Gasteiger partial charge in [-0.25, -0.2) is 0 Å². The topological polar surface area (TPSA) is 56.1 Å². The van der Waals surface area contributed by atoms with Crippen LogP contribution in [0.2, 0.25) is 0 Å². The highest BCUT2D eigenvalue weighted by Gasteiger charge is 2.32. The number of carbonyl (C=O) groups is 1. The second-order valence-corrected chi connectivity index (χ2v) is 8.17. The minimum Gasteiger partial charge on any atom is -0.376 e. The second kappa shape index (κ2) is 8.35. The van der Waals surface area contributed by atoms with Crippen molar-refractivity contribution in [3.8, 4) is 0 Å². The van der Waals surface area contributed by atoms with Crippen molar-refractivity contribution >= 4 is 5.91 Å². The van der Waals surface area contributed by atoms with E-state index >= 15 is 0 Å². The third kappa shape index (κ3) is 4.63. The van der Waals surface area contributed by atoms with E-state index in [1.807, 2.05) is 17.9 Å². The number of hydrogen-bond acceptors (Lipinski definition) is 3. The Morgan fingerprint density at radius 3 is 2.96 bits per heavy atom. The van der Waals surface area contributed by atoms with Crippen LogP contribution >= 0.6 is 0 Å². The van der Waals surface area contributed by atoms with Crippen molar-refractivity contribution in [3.63, 3.8) is 0 Å². The number of ether oxygens (including phenoxy) is 1. The predicted octanol–water partition coefficient (Wildman–Crippen LogP) is 3.02. The summed E-state index contributed by atoms with van der Waals surface area (Å²) >= 11 is 0. The Hall–Kier alpha value is -1.36. The molecule has 5 heteroatoms. The maximum Gasteiger partial charge on any atom is 0.223 e. The molecule has 1 aromatic rings. The van der Waals surface area contributed by atoms with Crippen molar-refractivity contribution in [2.24, 2.45) is 18.9 Å². The maximum atomic E-state index is 12.8. The molecule has 1 amide bonds. The Bertz CT molecular complexity index is 581. The Labute approximate surface area is 151 Å². The highest BCUT2D eigenvalue weighted by Crippen LogP contribution is 2.27. The zero-order valence-corrected chi connectivity index (χ0v) is 16.0. The molecule has 0 bridgehead atoms. The number of carbonyl (C=O) groups excluding carboxylic acids is 1. The van der Waals surface area contributed by atoms with Gasteiger partial charge in [0.1, 0.15) is 0 Å². The van der Waals surface area contributed by atoms with Crippen molar-refractivity contribution in [2.45, 2.75) is 77.4 Å². The minimum absolute atomic E-state index is 0.0705. The molecule has 1 heterocycles. The summed E-state index contributed by atoms with van der Waals surface area (Å²) in [5, 5.41) is 7.66.